The van der Waals surface area contributed by atoms with Crippen molar-refractivity contribution >= 4 is 34.2 Å². The summed E-state index contributed by atoms with van der Waals surface area (Å²) in [4.78, 5) is 12.6. The minimum absolute atomic E-state index is 0.273. The summed E-state index contributed by atoms with van der Waals surface area (Å²) in [6.07, 6.45) is 0. The van der Waals surface area contributed by atoms with Gasteiger partial charge in [0.2, 0.25) is 0 Å². The number of ether oxygens (including phenoxy) is 4. The minimum Gasteiger partial charge on any atom is -0.497 e. The molecule has 0 radical (unpaired) electrons. The van der Waals surface area contributed by atoms with Crippen molar-refractivity contribution in [2.75, 3.05) is 33.3 Å². The monoisotopic (exact) mass is 457 g/mol. The van der Waals surface area contributed by atoms with Crippen LogP contribution in [0.2, 0.25) is 0 Å². The molecule has 0 aliphatic heterocycles. The third-order valence-electron chi connectivity index (χ3n) is 3.43. The van der Waals surface area contributed by atoms with Crippen LogP contribution in [0.1, 0.15) is 17.3 Å². The largest absolute Gasteiger partial charge is 0.497 e. The maximum atomic E-state index is 12.6. The Labute approximate surface area is 160 Å². The lowest BCUT2D eigenvalue weighted by atomic mass is 10.1. The Hall–Kier alpha value is -2.16. The van der Waals surface area contributed by atoms with Gasteiger partial charge >= 0.3 is 0 Å². The maximum absolute atomic E-state index is 12.6. The molecule has 0 saturated heterocycles. The van der Waals surface area contributed by atoms with Crippen LogP contribution < -0.4 is 24.3 Å². The van der Waals surface area contributed by atoms with Gasteiger partial charge in [0.15, 0.2) is 11.5 Å². The fraction of sp³-hybridized carbons (Fsp3) is 0.278. The van der Waals surface area contributed by atoms with E-state index in [1.807, 2.05) is 6.92 Å². The number of rotatable bonds is 7. The molecule has 6 nitrogen and oxygen atoms in total. The molecule has 0 heterocycles. The number of benzene rings is 2. The number of nitrogens with one attached hydrogen (secondary N) is 1. The van der Waals surface area contributed by atoms with Crippen molar-refractivity contribution in [1.82, 2.24) is 0 Å². The van der Waals surface area contributed by atoms with E-state index in [4.69, 9.17) is 18.9 Å². The third kappa shape index (κ3) is 4.47. The average Bonchev–Trinajstić information content (AvgIpc) is 2.62. The van der Waals surface area contributed by atoms with Crippen LogP contribution in [0, 0.1) is 3.57 Å². The number of halogens is 1. The summed E-state index contributed by atoms with van der Waals surface area (Å²) in [6, 6.07) is 8.59. The number of carbonyl (C=O) groups excluding carboxylic acids is 1. The Morgan fingerprint density at radius 3 is 2.40 bits per heavy atom. The zero-order chi connectivity index (χ0) is 18.4. The molecular weight excluding hydrogens is 437 g/mol. The van der Waals surface area contributed by atoms with Gasteiger partial charge < -0.3 is 24.3 Å². The Morgan fingerprint density at radius 2 is 1.80 bits per heavy atom. The first-order valence-electron chi connectivity index (χ1n) is 7.57. The van der Waals surface area contributed by atoms with Gasteiger partial charge in [-0.05, 0) is 53.8 Å². The lowest BCUT2D eigenvalue weighted by Gasteiger charge is -2.14. The fourth-order valence-corrected chi connectivity index (χ4v) is 3.08. The summed E-state index contributed by atoms with van der Waals surface area (Å²) in [5.74, 6) is 2.03. The first-order chi connectivity index (χ1) is 12.0. The third-order valence-corrected chi connectivity index (χ3v) is 4.23. The lowest BCUT2D eigenvalue weighted by Crippen LogP contribution is -2.13. The second kappa shape index (κ2) is 8.80. The predicted octanol–water partition coefficient (Wildman–Crippen LogP) is 3.97. The van der Waals surface area contributed by atoms with E-state index < -0.39 is 0 Å². The smallest absolute Gasteiger partial charge is 0.255 e. The first kappa shape index (κ1) is 19.2. The highest BCUT2D eigenvalue weighted by atomic mass is 127. The summed E-state index contributed by atoms with van der Waals surface area (Å²) in [6.45, 7) is 2.35. The Kier molecular flexibility index (Phi) is 6.74. The molecule has 25 heavy (non-hydrogen) atoms. The van der Waals surface area contributed by atoms with Gasteiger partial charge in [0.1, 0.15) is 11.5 Å². The Bertz CT molecular complexity index is 763. The van der Waals surface area contributed by atoms with Gasteiger partial charge in [0.05, 0.1) is 37.2 Å². The van der Waals surface area contributed by atoms with Crippen LogP contribution >= 0.6 is 22.6 Å². The molecule has 0 fully saturated rings. The molecule has 134 valence electrons. The molecule has 0 spiro atoms. The maximum Gasteiger partial charge on any atom is 0.255 e. The molecule has 1 N–H and O–H groups in total. The number of hydrogen-bond acceptors (Lipinski definition) is 5. The topological polar surface area (TPSA) is 66.0 Å². The summed E-state index contributed by atoms with van der Waals surface area (Å²) in [7, 11) is 4.68. The van der Waals surface area contributed by atoms with E-state index in [0.29, 0.717) is 40.9 Å². The standard InChI is InChI=1S/C18H20INO5/c1-5-25-16-9-11(8-13(19)17(16)24-4)18(21)20-14-7-6-12(22-2)10-15(14)23-3/h6-10H,5H2,1-4H3,(H,20,21). The van der Waals surface area contributed by atoms with Crippen LogP contribution in [0.3, 0.4) is 0 Å². The van der Waals surface area contributed by atoms with Crippen LogP contribution in [0.25, 0.3) is 0 Å². The van der Waals surface area contributed by atoms with Crippen molar-refractivity contribution in [3.8, 4) is 23.0 Å². The van der Waals surface area contributed by atoms with E-state index in [-0.39, 0.29) is 5.91 Å². The van der Waals surface area contributed by atoms with Gasteiger partial charge in [0, 0.05) is 11.6 Å². The number of carbonyl (C=O) groups is 1. The summed E-state index contributed by atoms with van der Waals surface area (Å²) in [5, 5.41) is 2.84. The summed E-state index contributed by atoms with van der Waals surface area (Å²) >= 11 is 2.11. The van der Waals surface area contributed by atoms with E-state index in [2.05, 4.69) is 27.9 Å². The zero-order valence-electron chi connectivity index (χ0n) is 14.5. The predicted molar refractivity (Wildman–Crippen MR) is 104 cm³/mol. The summed E-state index contributed by atoms with van der Waals surface area (Å²) < 4.78 is 22.2. The molecule has 0 aliphatic rings. The number of methoxy groups -OCH3 is 3. The van der Waals surface area contributed by atoms with E-state index in [9.17, 15) is 4.79 Å². The Balaban J connectivity index is 2.32. The average molecular weight is 457 g/mol. The van der Waals surface area contributed by atoms with E-state index >= 15 is 0 Å². The molecule has 1 amide bonds. The van der Waals surface area contributed by atoms with Crippen LogP contribution in [-0.4, -0.2) is 33.8 Å². The lowest BCUT2D eigenvalue weighted by molar-refractivity contribution is 0.102. The Morgan fingerprint density at radius 1 is 1.04 bits per heavy atom. The molecule has 0 aromatic heterocycles. The molecule has 0 bridgehead atoms. The van der Waals surface area contributed by atoms with Crippen LogP contribution in [0.5, 0.6) is 23.0 Å². The van der Waals surface area contributed by atoms with Gasteiger partial charge in [-0.1, -0.05) is 0 Å². The van der Waals surface area contributed by atoms with Gasteiger partial charge in [-0.2, -0.15) is 0 Å². The van der Waals surface area contributed by atoms with Crippen molar-refractivity contribution in [1.29, 1.82) is 0 Å². The van der Waals surface area contributed by atoms with Crippen molar-refractivity contribution in [2.45, 2.75) is 6.92 Å². The highest BCUT2D eigenvalue weighted by Crippen LogP contribution is 2.35. The fourth-order valence-electron chi connectivity index (χ4n) is 2.26. The number of amides is 1. The van der Waals surface area contributed by atoms with Crippen molar-refractivity contribution in [2.24, 2.45) is 0 Å². The molecule has 7 heteroatoms. The highest BCUT2D eigenvalue weighted by molar-refractivity contribution is 14.1. The van der Waals surface area contributed by atoms with Gasteiger partial charge in [-0.3, -0.25) is 4.79 Å². The minimum atomic E-state index is -0.273. The normalized spacial score (nSPS) is 10.1. The van der Waals surface area contributed by atoms with Crippen LogP contribution in [0.4, 0.5) is 5.69 Å². The van der Waals surface area contributed by atoms with Crippen molar-refractivity contribution in [3.05, 3.63) is 39.5 Å². The molecule has 0 unspecified atom stereocenters. The molecular formula is C18H20INO5. The van der Waals surface area contributed by atoms with E-state index in [0.717, 1.165) is 3.57 Å². The highest BCUT2D eigenvalue weighted by Gasteiger charge is 2.17. The van der Waals surface area contributed by atoms with E-state index in [1.165, 1.54) is 7.11 Å². The van der Waals surface area contributed by atoms with Crippen LogP contribution in [0.15, 0.2) is 30.3 Å². The quantitative estimate of drug-likeness (QED) is 0.638. The molecule has 0 atom stereocenters. The zero-order valence-corrected chi connectivity index (χ0v) is 16.7. The SMILES string of the molecule is CCOc1cc(C(=O)Nc2ccc(OC)cc2OC)cc(I)c1OC. The molecule has 0 aliphatic carbocycles. The van der Waals surface area contributed by atoms with Crippen molar-refractivity contribution in [3.63, 3.8) is 0 Å². The van der Waals surface area contributed by atoms with Gasteiger partial charge in [-0.25, -0.2) is 0 Å². The molecule has 2 rings (SSSR count). The van der Waals surface area contributed by atoms with Gasteiger partial charge in [-0.15, -0.1) is 0 Å². The molecule has 2 aromatic carbocycles. The second-order valence-electron chi connectivity index (χ2n) is 4.94. The number of anilines is 1. The van der Waals surface area contributed by atoms with E-state index in [1.54, 1.807) is 44.6 Å². The first-order valence-corrected chi connectivity index (χ1v) is 8.65. The number of hydrogen-bond donors (Lipinski definition) is 1. The second-order valence-corrected chi connectivity index (χ2v) is 6.10. The summed E-state index contributed by atoms with van der Waals surface area (Å²) in [5.41, 5.74) is 1.02. The van der Waals surface area contributed by atoms with Crippen molar-refractivity contribution < 1.29 is 23.7 Å². The van der Waals surface area contributed by atoms with Gasteiger partial charge in [0.25, 0.3) is 5.91 Å². The van der Waals surface area contributed by atoms with Crippen LogP contribution in [-0.2, 0) is 0 Å². The molecule has 2 aromatic rings. The molecule has 0 saturated carbocycles.